The van der Waals surface area contributed by atoms with E-state index >= 15 is 0 Å². The van der Waals surface area contributed by atoms with Crippen LogP contribution in [0.15, 0.2) is 36.4 Å². The van der Waals surface area contributed by atoms with Crippen LogP contribution in [0, 0.1) is 6.57 Å². The van der Waals surface area contributed by atoms with E-state index in [1.807, 2.05) is 6.07 Å². The number of H-pyrrole nitrogens is 1. The van der Waals surface area contributed by atoms with E-state index in [-0.39, 0.29) is 22.2 Å². The van der Waals surface area contributed by atoms with Gasteiger partial charge in [-0.05, 0) is 36.4 Å². The van der Waals surface area contributed by atoms with Gasteiger partial charge in [0, 0.05) is 10.4 Å². The summed E-state index contributed by atoms with van der Waals surface area (Å²) in [5.41, 5.74) is 8.28. The molecule has 2 aromatic carbocycles. The quantitative estimate of drug-likeness (QED) is 0.319. The Morgan fingerprint density at radius 2 is 2.00 bits per heavy atom. The first-order valence-electron chi connectivity index (χ1n) is 9.10. The molecule has 158 valence electrons. The zero-order valence-electron chi connectivity index (χ0n) is 16.0. The maximum atomic E-state index is 7.25. The number of nitrogens with two attached hydrogens (primary N) is 1. The predicted molar refractivity (Wildman–Crippen MR) is 123 cm³/mol. The van der Waals surface area contributed by atoms with Crippen LogP contribution < -0.4 is 10.5 Å². The van der Waals surface area contributed by atoms with Gasteiger partial charge in [0.15, 0.2) is 16.9 Å². The standard InChI is InChI=1S/C20H11Cl3N8O/c1-25-12-6-9(21)7-15(17(12)23)32-19-11(22)3-4-14-18(19)28-30-31(14)8-13-10-2-5-16(24)26-20(10)29-27-13/h2-7H,8H2,(H3,24,26,27,29). The summed E-state index contributed by atoms with van der Waals surface area (Å²) in [6.45, 7) is 7.57. The molecule has 0 spiro atoms. The monoisotopic (exact) mass is 484 g/mol. The number of hydrogen-bond donors (Lipinski definition) is 2. The van der Waals surface area contributed by atoms with Crippen molar-refractivity contribution in [3.63, 3.8) is 0 Å². The molecule has 0 aliphatic carbocycles. The lowest BCUT2D eigenvalue weighted by Gasteiger charge is -2.11. The Kier molecular flexibility index (Phi) is 4.98. The number of ether oxygens (including phenoxy) is 1. The van der Waals surface area contributed by atoms with Gasteiger partial charge in [-0.15, -0.1) is 5.10 Å². The second-order valence-electron chi connectivity index (χ2n) is 6.74. The first-order valence-corrected chi connectivity index (χ1v) is 10.2. The average Bonchev–Trinajstić information content (AvgIpc) is 3.36. The zero-order chi connectivity index (χ0) is 22.4. The summed E-state index contributed by atoms with van der Waals surface area (Å²) in [4.78, 5) is 7.58. The number of pyridine rings is 1. The fourth-order valence-electron chi connectivity index (χ4n) is 3.25. The minimum atomic E-state index is 0.125. The predicted octanol–water partition coefficient (Wildman–Crippen LogP) is 5.64. The molecule has 3 aromatic heterocycles. The van der Waals surface area contributed by atoms with Crippen molar-refractivity contribution in [3.05, 3.63) is 68.6 Å². The van der Waals surface area contributed by atoms with Crippen LogP contribution in [0.5, 0.6) is 11.5 Å². The van der Waals surface area contributed by atoms with E-state index in [0.29, 0.717) is 39.1 Å². The molecule has 5 aromatic rings. The molecule has 5 rings (SSSR count). The number of rotatable bonds is 4. The van der Waals surface area contributed by atoms with Crippen LogP contribution in [0.2, 0.25) is 15.1 Å². The van der Waals surface area contributed by atoms with Crippen LogP contribution in [0.25, 0.3) is 26.9 Å². The number of nitrogen functional groups attached to an aromatic ring is 1. The lowest BCUT2D eigenvalue weighted by Crippen LogP contribution is -2.02. The van der Waals surface area contributed by atoms with Crippen molar-refractivity contribution >= 4 is 68.4 Å². The normalized spacial score (nSPS) is 11.2. The van der Waals surface area contributed by atoms with Crippen molar-refractivity contribution in [1.29, 1.82) is 0 Å². The van der Waals surface area contributed by atoms with Crippen LogP contribution in [0.1, 0.15) is 5.69 Å². The lowest BCUT2D eigenvalue weighted by atomic mass is 10.2. The first-order chi connectivity index (χ1) is 15.4. The number of nitrogens with one attached hydrogen (secondary N) is 1. The highest BCUT2D eigenvalue weighted by Gasteiger charge is 2.19. The minimum absolute atomic E-state index is 0.125. The number of aromatic nitrogens is 6. The van der Waals surface area contributed by atoms with Gasteiger partial charge in [0.05, 0.1) is 34.4 Å². The number of hydrogen-bond acceptors (Lipinski definition) is 6. The Morgan fingerprint density at radius 3 is 2.81 bits per heavy atom. The molecule has 12 heteroatoms. The van der Waals surface area contributed by atoms with Gasteiger partial charge >= 0.3 is 0 Å². The Hall–Kier alpha value is -3.58. The summed E-state index contributed by atoms with van der Waals surface area (Å²) in [5.74, 6) is 0.837. The molecule has 0 aliphatic rings. The molecule has 0 unspecified atom stereocenters. The molecule has 0 radical (unpaired) electrons. The van der Waals surface area contributed by atoms with Crippen molar-refractivity contribution in [1.82, 2.24) is 30.2 Å². The Morgan fingerprint density at radius 1 is 1.16 bits per heavy atom. The van der Waals surface area contributed by atoms with E-state index in [9.17, 15) is 0 Å². The van der Waals surface area contributed by atoms with Crippen molar-refractivity contribution in [2.45, 2.75) is 6.54 Å². The average molecular weight is 486 g/mol. The van der Waals surface area contributed by atoms with Gasteiger partial charge < -0.3 is 10.5 Å². The number of benzene rings is 2. The van der Waals surface area contributed by atoms with Gasteiger partial charge in [-0.3, -0.25) is 5.10 Å². The highest BCUT2D eigenvalue weighted by atomic mass is 35.5. The van der Waals surface area contributed by atoms with E-state index in [1.165, 1.54) is 12.1 Å². The maximum absolute atomic E-state index is 7.25. The van der Waals surface area contributed by atoms with Crippen molar-refractivity contribution in [2.24, 2.45) is 0 Å². The van der Waals surface area contributed by atoms with Crippen LogP contribution >= 0.6 is 34.8 Å². The molecule has 0 saturated carbocycles. The molecule has 3 N–H and O–H groups in total. The van der Waals surface area contributed by atoms with Gasteiger partial charge in [0.2, 0.25) is 5.69 Å². The van der Waals surface area contributed by atoms with E-state index < -0.39 is 0 Å². The Labute approximate surface area is 195 Å². The second-order valence-corrected chi connectivity index (χ2v) is 7.97. The Bertz CT molecular complexity index is 1550. The largest absolute Gasteiger partial charge is 0.453 e. The summed E-state index contributed by atoms with van der Waals surface area (Å²) in [6, 6.07) is 9.96. The molecule has 0 bridgehead atoms. The fourth-order valence-corrected chi connectivity index (χ4v) is 3.84. The summed E-state index contributed by atoms with van der Waals surface area (Å²) in [7, 11) is 0. The number of halogens is 3. The minimum Gasteiger partial charge on any atom is -0.453 e. The van der Waals surface area contributed by atoms with Crippen LogP contribution in [0.3, 0.4) is 0 Å². The maximum Gasteiger partial charge on any atom is 0.210 e. The smallest absolute Gasteiger partial charge is 0.210 e. The fraction of sp³-hybridized carbons (Fsp3) is 0.0500. The van der Waals surface area contributed by atoms with Crippen molar-refractivity contribution in [3.8, 4) is 11.5 Å². The molecule has 0 aliphatic heterocycles. The van der Waals surface area contributed by atoms with Crippen molar-refractivity contribution < 1.29 is 4.74 Å². The zero-order valence-corrected chi connectivity index (χ0v) is 18.2. The number of aromatic amines is 1. The van der Waals surface area contributed by atoms with Gasteiger partial charge in [-0.1, -0.05) is 40.0 Å². The molecule has 0 fully saturated rings. The summed E-state index contributed by atoms with van der Waals surface area (Å²) in [5, 5.41) is 17.2. The van der Waals surface area contributed by atoms with Gasteiger partial charge in [-0.2, -0.15) is 5.10 Å². The summed E-state index contributed by atoms with van der Waals surface area (Å²) in [6.07, 6.45) is 0. The van der Waals surface area contributed by atoms with Gasteiger partial charge in [0.1, 0.15) is 11.6 Å². The molecule has 32 heavy (non-hydrogen) atoms. The molecule has 0 amide bonds. The third-order valence-electron chi connectivity index (χ3n) is 4.73. The molecule has 0 saturated heterocycles. The number of anilines is 1. The molecular formula is C20H11Cl3N8O. The Balaban J connectivity index is 1.56. The molecule has 3 heterocycles. The van der Waals surface area contributed by atoms with E-state index in [4.69, 9.17) is 51.8 Å². The highest BCUT2D eigenvalue weighted by molar-refractivity contribution is 6.37. The van der Waals surface area contributed by atoms with Crippen LogP contribution in [-0.2, 0) is 6.54 Å². The third kappa shape index (κ3) is 3.44. The summed E-state index contributed by atoms with van der Waals surface area (Å²) < 4.78 is 7.62. The van der Waals surface area contributed by atoms with Crippen LogP contribution in [-0.4, -0.2) is 30.2 Å². The number of nitrogens with zero attached hydrogens (tertiary/aromatic N) is 6. The highest BCUT2D eigenvalue weighted by Crippen LogP contribution is 2.43. The second kappa shape index (κ2) is 7.84. The van der Waals surface area contributed by atoms with Gasteiger partial charge in [-0.25, -0.2) is 14.5 Å². The third-order valence-corrected chi connectivity index (χ3v) is 5.63. The lowest BCUT2D eigenvalue weighted by molar-refractivity contribution is 0.488. The molecular weight excluding hydrogens is 475 g/mol. The topological polar surface area (TPSA) is 112 Å². The van der Waals surface area contributed by atoms with E-state index in [2.05, 4.69) is 30.3 Å². The van der Waals surface area contributed by atoms with Gasteiger partial charge in [0.25, 0.3) is 0 Å². The van der Waals surface area contributed by atoms with Crippen molar-refractivity contribution in [2.75, 3.05) is 5.73 Å². The SMILES string of the molecule is [C-]#[N+]c1cc(Cl)cc(Oc2c(Cl)ccc3c2nnn3Cc2n[nH]c3nc(N)ccc23)c1Cl. The van der Waals surface area contributed by atoms with E-state index in [0.717, 1.165) is 11.1 Å². The summed E-state index contributed by atoms with van der Waals surface area (Å²) >= 11 is 18.8. The van der Waals surface area contributed by atoms with E-state index in [1.54, 1.807) is 22.9 Å². The molecule has 0 atom stereocenters. The molecule has 9 nitrogen and oxygen atoms in total. The van der Waals surface area contributed by atoms with Crippen LogP contribution in [0.4, 0.5) is 11.5 Å². The first kappa shape index (κ1) is 20.3. The number of fused-ring (bicyclic) bond motifs is 2.